The van der Waals surface area contributed by atoms with E-state index in [0.29, 0.717) is 0 Å². The first-order valence-electron chi connectivity index (χ1n) is 8.55. The maximum atomic E-state index is 5.91. The van der Waals surface area contributed by atoms with Crippen LogP contribution in [-0.2, 0) is 0 Å². The molecular formula is C20H28N2O2. The van der Waals surface area contributed by atoms with E-state index < -0.39 is 0 Å². The highest BCUT2D eigenvalue weighted by Crippen LogP contribution is 2.19. The van der Waals surface area contributed by atoms with Crippen LogP contribution in [0.2, 0.25) is 0 Å². The average molecular weight is 328 g/mol. The summed E-state index contributed by atoms with van der Waals surface area (Å²) >= 11 is 0. The number of hydrogen-bond acceptors (Lipinski definition) is 4. The normalized spacial score (nSPS) is 11.7. The highest BCUT2D eigenvalue weighted by atomic mass is 16.5. The van der Waals surface area contributed by atoms with E-state index in [9.17, 15) is 0 Å². The lowest BCUT2D eigenvalue weighted by Gasteiger charge is -2.21. The van der Waals surface area contributed by atoms with Crippen LogP contribution >= 0.6 is 0 Å². The highest BCUT2D eigenvalue weighted by Gasteiger charge is 2.05. The first-order chi connectivity index (χ1) is 11.7. The Morgan fingerprint density at radius 2 is 1.50 bits per heavy atom. The van der Waals surface area contributed by atoms with Gasteiger partial charge in [-0.3, -0.25) is 0 Å². The molecule has 2 rings (SSSR count). The molecule has 4 heteroatoms. The number of anilines is 2. The molecule has 0 aliphatic rings. The fourth-order valence-corrected chi connectivity index (χ4v) is 2.57. The topological polar surface area (TPSA) is 33.7 Å². The van der Waals surface area contributed by atoms with Crippen LogP contribution in [0.1, 0.15) is 20.8 Å². The van der Waals surface area contributed by atoms with Gasteiger partial charge in [0, 0.05) is 24.5 Å². The maximum Gasteiger partial charge on any atom is 0.120 e. The zero-order valence-electron chi connectivity index (χ0n) is 15.1. The van der Waals surface area contributed by atoms with Crippen molar-refractivity contribution in [2.45, 2.75) is 26.9 Å². The summed E-state index contributed by atoms with van der Waals surface area (Å²) in [6.07, 6.45) is 0.0702. The Bertz CT molecular complexity index is 592. The van der Waals surface area contributed by atoms with Gasteiger partial charge in [-0.1, -0.05) is 0 Å². The summed E-state index contributed by atoms with van der Waals surface area (Å²) in [5, 5.41) is 3.42. The van der Waals surface area contributed by atoms with Crippen LogP contribution < -0.4 is 19.7 Å². The van der Waals surface area contributed by atoms with E-state index in [2.05, 4.69) is 55.3 Å². The van der Waals surface area contributed by atoms with E-state index in [0.717, 1.165) is 36.8 Å². The van der Waals surface area contributed by atoms with Crippen molar-refractivity contribution in [1.29, 1.82) is 0 Å². The van der Waals surface area contributed by atoms with Gasteiger partial charge < -0.3 is 19.7 Å². The van der Waals surface area contributed by atoms with Crippen molar-refractivity contribution in [2.75, 3.05) is 37.0 Å². The van der Waals surface area contributed by atoms with Crippen molar-refractivity contribution >= 4 is 11.4 Å². The quantitative estimate of drug-likeness (QED) is 0.739. The zero-order valence-corrected chi connectivity index (χ0v) is 15.1. The van der Waals surface area contributed by atoms with Gasteiger partial charge >= 0.3 is 0 Å². The standard InChI is InChI=1S/C20H28N2O2/c1-5-22(6-2)18-9-7-17(8-10-18)21-15-16(3)24-20-13-11-19(23-4)12-14-20/h7-14,16,21H,5-6,15H2,1-4H3. The predicted molar refractivity (Wildman–Crippen MR) is 102 cm³/mol. The molecule has 0 saturated carbocycles. The Kier molecular flexibility index (Phi) is 6.79. The van der Waals surface area contributed by atoms with E-state index in [1.807, 2.05) is 24.3 Å². The Balaban J connectivity index is 1.83. The van der Waals surface area contributed by atoms with Crippen LogP contribution in [0.25, 0.3) is 0 Å². The second-order valence-electron chi connectivity index (χ2n) is 5.70. The van der Waals surface area contributed by atoms with E-state index in [-0.39, 0.29) is 6.10 Å². The van der Waals surface area contributed by atoms with Crippen LogP contribution in [0.15, 0.2) is 48.5 Å². The molecule has 1 unspecified atom stereocenters. The minimum absolute atomic E-state index is 0.0702. The van der Waals surface area contributed by atoms with Crippen LogP contribution in [0, 0.1) is 0 Å². The molecule has 0 bridgehead atoms. The molecule has 0 heterocycles. The van der Waals surface area contributed by atoms with Gasteiger partial charge in [-0.15, -0.1) is 0 Å². The highest BCUT2D eigenvalue weighted by molar-refractivity contribution is 5.55. The summed E-state index contributed by atoms with van der Waals surface area (Å²) in [6.45, 7) is 9.20. The second kappa shape index (κ2) is 9.06. The van der Waals surface area contributed by atoms with Gasteiger partial charge in [0.2, 0.25) is 0 Å². The van der Waals surface area contributed by atoms with Gasteiger partial charge in [-0.2, -0.15) is 0 Å². The van der Waals surface area contributed by atoms with Crippen LogP contribution in [0.5, 0.6) is 11.5 Å². The summed E-state index contributed by atoms with van der Waals surface area (Å²) < 4.78 is 11.1. The third kappa shape index (κ3) is 5.08. The number of rotatable bonds is 9. The monoisotopic (exact) mass is 328 g/mol. The Morgan fingerprint density at radius 3 is 2.04 bits per heavy atom. The lowest BCUT2D eigenvalue weighted by atomic mass is 10.2. The molecule has 0 amide bonds. The second-order valence-corrected chi connectivity index (χ2v) is 5.70. The third-order valence-electron chi connectivity index (χ3n) is 3.99. The van der Waals surface area contributed by atoms with Crippen molar-refractivity contribution in [3.05, 3.63) is 48.5 Å². The third-order valence-corrected chi connectivity index (χ3v) is 3.99. The predicted octanol–water partition coefficient (Wildman–Crippen LogP) is 4.42. The molecule has 24 heavy (non-hydrogen) atoms. The number of ether oxygens (including phenoxy) is 2. The van der Waals surface area contributed by atoms with Gasteiger partial charge in [-0.05, 0) is 69.3 Å². The number of hydrogen-bond donors (Lipinski definition) is 1. The Labute approximate surface area is 145 Å². The first kappa shape index (κ1) is 18.0. The molecule has 0 spiro atoms. The maximum absolute atomic E-state index is 5.91. The van der Waals surface area contributed by atoms with E-state index >= 15 is 0 Å². The summed E-state index contributed by atoms with van der Waals surface area (Å²) in [5.41, 5.74) is 2.36. The molecule has 0 saturated heterocycles. The molecule has 1 N–H and O–H groups in total. The number of nitrogens with one attached hydrogen (secondary N) is 1. The van der Waals surface area contributed by atoms with Gasteiger partial charge in [0.15, 0.2) is 0 Å². The number of nitrogens with zero attached hydrogens (tertiary/aromatic N) is 1. The van der Waals surface area contributed by atoms with Gasteiger partial charge in [0.25, 0.3) is 0 Å². The summed E-state index contributed by atoms with van der Waals surface area (Å²) in [6, 6.07) is 16.2. The molecule has 0 aliphatic carbocycles. The largest absolute Gasteiger partial charge is 0.497 e. The fraction of sp³-hybridized carbons (Fsp3) is 0.400. The van der Waals surface area contributed by atoms with Crippen molar-refractivity contribution in [1.82, 2.24) is 0 Å². The number of methoxy groups -OCH3 is 1. The minimum Gasteiger partial charge on any atom is -0.497 e. The van der Waals surface area contributed by atoms with Gasteiger partial charge in [-0.25, -0.2) is 0 Å². The van der Waals surface area contributed by atoms with E-state index in [4.69, 9.17) is 9.47 Å². The lowest BCUT2D eigenvalue weighted by molar-refractivity contribution is 0.234. The molecule has 0 radical (unpaired) electrons. The Hall–Kier alpha value is -2.36. The summed E-state index contributed by atoms with van der Waals surface area (Å²) in [5.74, 6) is 1.68. The molecule has 1 atom stereocenters. The zero-order chi connectivity index (χ0) is 17.4. The molecule has 130 valence electrons. The lowest BCUT2D eigenvalue weighted by Crippen LogP contribution is -2.23. The smallest absolute Gasteiger partial charge is 0.120 e. The molecule has 0 aliphatic heterocycles. The molecule has 0 fully saturated rings. The number of benzene rings is 2. The molecule has 2 aromatic rings. The van der Waals surface area contributed by atoms with Crippen molar-refractivity contribution in [3.8, 4) is 11.5 Å². The van der Waals surface area contributed by atoms with Crippen LogP contribution in [-0.4, -0.2) is 32.8 Å². The SMILES string of the molecule is CCN(CC)c1ccc(NCC(C)Oc2ccc(OC)cc2)cc1. The summed E-state index contributed by atoms with van der Waals surface area (Å²) in [4.78, 5) is 2.33. The van der Waals surface area contributed by atoms with E-state index in [1.54, 1.807) is 7.11 Å². The van der Waals surface area contributed by atoms with Gasteiger partial charge in [0.05, 0.1) is 13.7 Å². The van der Waals surface area contributed by atoms with E-state index in [1.165, 1.54) is 5.69 Å². The molecule has 0 aromatic heterocycles. The molecular weight excluding hydrogens is 300 g/mol. The van der Waals surface area contributed by atoms with Crippen LogP contribution in [0.3, 0.4) is 0 Å². The summed E-state index contributed by atoms with van der Waals surface area (Å²) in [7, 11) is 1.66. The average Bonchev–Trinajstić information content (AvgIpc) is 2.63. The van der Waals surface area contributed by atoms with Crippen molar-refractivity contribution < 1.29 is 9.47 Å². The van der Waals surface area contributed by atoms with Crippen molar-refractivity contribution in [3.63, 3.8) is 0 Å². The van der Waals surface area contributed by atoms with Crippen molar-refractivity contribution in [2.24, 2.45) is 0 Å². The first-order valence-corrected chi connectivity index (χ1v) is 8.55. The molecule has 4 nitrogen and oxygen atoms in total. The molecule has 2 aromatic carbocycles. The fourth-order valence-electron chi connectivity index (χ4n) is 2.57. The minimum atomic E-state index is 0.0702. The van der Waals surface area contributed by atoms with Gasteiger partial charge in [0.1, 0.15) is 17.6 Å². The van der Waals surface area contributed by atoms with Crippen LogP contribution in [0.4, 0.5) is 11.4 Å². The Morgan fingerprint density at radius 1 is 0.917 bits per heavy atom.